The van der Waals surface area contributed by atoms with E-state index in [4.69, 9.17) is 19.4 Å². The number of carboxylic acids is 1. The van der Waals surface area contributed by atoms with Crippen LogP contribution in [0.3, 0.4) is 0 Å². The third kappa shape index (κ3) is 9.53. The summed E-state index contributed by atoms with van der Waals surface area (Å²) >= 11 is 0. The highest BCUT2D eigenvalue weighted by molar-refractivity contribution is 5.96. The summed E-state index contributed by atoms with van der Waals surface area (Å²) in [6, 6.07) is 18.2. The van der Waals surface area contributed by atoms with E-state index in [1.165, 1.54) is 12.1 Å². The van der Waals surface area contributed by atoms with Gasteiger partial charge in [-0.15, -0.1) is 10.2 Å². The Bertz CT molecular complexity index is 1660. The molecule has 0 spiro atoms. The Balaban J connectivity index is 0.000000698. The fourth-order valence-corrected chi connectivity index (χ4v) is 5.67. The fourth-order valence-electron chi connectivity index (χ4n) is 5.67. The first-order chi connectivity index (χ1) is 23.4. The number of halogens is 4. The number of ether oxygens (including phenoxy) is 2. The number of H-pyrrole nitrogens is 1. The van der Waals surface area contributed by atoms with Crippen LogP contribution in [0.25, 0.3) is 22.5 Å². The molecule has 15 heteroatoms. The molecule has 11 nitrogen and oxygen atoms in total. The second-order valence-corrected chi connectivity index (χ2v) is 11.4. The predicted molar refractivity (Wildman–Crippen MR) is 170 cm³/mol. The van der Waals surface area contributed by atoms with Crippen LogP contribution in [0.15, 0.2) is 60.7 Å². The number of rotatable bonds is 13. The van der Waals surface area contributed by atoms with Crippen LogP contribution in [0.4, 0.5) is 23.2 Å². The molecule has 1 fully saturated rings. The number of carbonyl (C=O) groups is 2. The smallest absolute Gasteiger partial charge is 0.430 e. The highest BCUT2D eigenvalue weighted by atomic mass is 19.4. The van der Waals surface area contributed by atoms with Gasteiger partial charge in [0.1, 0.15) is 29.8 Å². The van der Waals surface area contributed by atoms with Crippen molar-refractivity contribution in [2.45, 2.75) is 52.8 Å². The second-order valence-electron chi connectivity index (χ2n) is 11.4. The molecule has 3 aromatic carbocycles. The summed E-state index contributed by atoms with van der Waals surface area (Å²) in [5.41, 5.74) is 4.44. The molecule has 0 radical (unpaired) electrons. The predicted octanol–water partition coefficient (Wildman–Crippen LogP) is 4.06. The Morgan fingerprint density at radius 1 is 1.00 bits per heavy atom. The molecule has 1 aliphatic rings. The highest BCUT2D eigenvalue weighted by Crippen LogP contribution is 2.41. The Labute approximate surface area is 280 Å². The first kappa shape index (κ1) is 36.8. The van der Waals surface area contributed by atoms with E-state index < -0.39 is 12.1 Å². The highest BCUT2D eigenvalue weighted by Gasteiger charge is 2.42. The van der Waals surface area contributed by atoms with E-state index in [0.29, 0.717) is 32.0 Å². The van der Waals surface area contributed by atoms with Crippen LogP contribution < -0.4 is 24.8 Å². The normalized spacial score (nSPS) is 15.9. The van der Waals surface area contributed by atoms with Crippen molar-refractivity contribution in [3.63, 3.8) is 0 Å². The maximum atomic E-state index is 13.6. The van der Waals surface area contributed by atoms with Gasteiger partial charge >= 0.3 is 6.18 Å². The zero-order valence-corrected chi connectivity index (χ0v) is 27.3. The molecule has 1 unspecified atom stereocenters. The van der Waals surface area contributed by atoms with Crippen molar-refractivity contribution < 1.29 is 47.0 Å². The number of amides is 1. The minimum absolute atomic E-state index is 0.0701. The summed E-state index contributed by atoms with van der Waals surface area (Å²) < 4.78 is 57.2. The quantitative estimate of drug-likeness (QED) is 0.158. The van der Waals surface area contributed by atoms with Crippen LogP contribution >= 0.6 is 0 Å². The molecule has 1 amide bonds. The number of anilines is 1. The number of aliphatic carboxylic acids is 1. The summed E-state index contributed by atoms with van der Waals surface area (Å²) in [6.07, 6.45) is -2.80. The van der Waals surface area contributed by atoms with Crippen LogP contribution in [-0.4, -0.2) is 65.0 Å². The molecule has 1 aliphatic heterocycles. The van der Waals surface area contributed by atoms with Crippen molar-refractivity contribution >= 4 is 17.6 Å². The number of aromatic amines is 1. The number of nitrogens with one attached hydrogen (secondary N) is 1. The molecule has 2 heterocycles. The Kier molecular flexibility index (Phi) is 12.3. The number of aromatic nitrogens is 4. The van der Waals surface area contributed by atoms with E-state index in [1.807, 2.05) is 43.0 Å². The average Bonchev–Trinajstić information content (AvgIpc) is 3.73. The van der Waals surface area contributed by atoms with Crippen LogP contribution in [0, 0.1) is 11.2 Å². The van der Waals surface area contributed by atoms with Gasteiger partial charge in [0.05, 0.1) is 25.3 Å². The monoisotopic (exact) mass is 686 g/mol. The second kappa shape index (κ2) is 16.4. The van der Waals surface area contributed by atoms with Gasteiger partial charge in [0, 0.05) is 41.6 Å². The van der Waals surface area contributed by atoms with Crippen molar-refractivity contribution in [2.75, 3.05) is 31.2 Å². The number of quaternary nitrogens is 1. The minimum Gasteiger partial charge on any atom is -0.542 e. The van der Waals surface area contributed by atoms with Crippen molar-refractivity contribution in [1.29, 1.82) is 0 Å². The van der Waals surface area contributed by atoms with Gasteiger partial charge in [-0.3, -0.25) is 4.79 Å². The van der Waals surface area contributed by atoms with Crippen molar-refractivity contribution in [2.24, 2.45) is 5.41 Å². The molecular formula is C34H38F4N6O5. The molecule has 4 aromatic rings. The van der Waals surface area contributed by atoms with Crippen LogP contribution in [-0.2, 0) is 16.1 Å². The Hall–Kier alpha value is -5.05. The fraction of sp³-hybridized carbons (Fsp3) is 0.382. The number of tetrazole rings is 1. The van der Waals surface area contributed by atoms with Crippen LogP contribution in [0.5, 0.6) is 11.5 Å². The Morgan fingerprint density at radius 2 is 1.59 bits per heavy atom. The zero-order chi connectivity index (χ0) is 35.6. The summed E-state index contributed by atoms with van der Waals surface area (Å²) in [6.45, 7) is 9.43. The molecule has 3 N–H and O–H groups in total. The van der Waals surface area contributed by atoms with Gasteiger partial charge in [0.25, 0.3) is 0 Å². The number of alkyl halides is 3. The van der Waals surface area contributed by atoms with Gasteiger partial charge in [0.15, 0.2) is 0 Å². The van der Waals surface area contributed by atoms with E-state index in [1.54, 1.807) is 12.1 Å². The lowest BCUT2D eigenvalue weighted by Crippen LogP contribution is -2.83. The molecule has 1 saturated heterocycles. The standard InChI is InChI=1S/C32H37FN6O3.C2HF3O2/c1-4-32(19-29(40)39(21-32)26-13-9-24(10-14-26)31-35-37-38-36-31)15-16-34-20-22-17-27(41-5-2)30(28(18-22)42-6-3)23-7-11-25(33)12-8-23;3-2(4,5)1(6)7/h7-14,17-18,34H,4-6,15-16,19-21H2,1-3H3,(H,35,36,37,38);(H,6,7). The average molecular weight is 687 g/mol. The summed E-state index contributed by atoms with van der Waals surface area (Å²) in [5.74, 6) is -1.15. The molecule has 1 atom stereocenters. The lowest BCUT2D eigenvalue weighted by molar-refractivity contribution is -0.672. The van der Waals surface area contributed by atoms with E-state index in [9.17, 15) is 22.4 Å². The molecule has 262 valence electrons. The number of nitrogens with zero attached hydrogens (tertiary/aromatic N) is 4. The van der Waals surface area contributed by atoms with Gasteiger partial charge < -0.3 is 29.6 Å². The molecule has 0 saturated carbocycles. The van der Waals surface area contributed by atoms with Gasteiger partial charge in [-0.05, 0) is 79.6 Å². The summed E-state index contributed by atoms with van der Waals surface area (Å²) in [5, 5.41) is 25.2. The number of benzene rings is 3. The number of carboxylic acid groups (broad SMARTS) is 1. The van der Waals surface area contributed by atoms with Gasteiger partial charge in [-0.25, -0.2) is 4.39 Å². The molecular weight excluding hydrogens is 648 g/mol. The molecule has 0 aliphatic carbocycles. The number of nitrogens with two attached hydrogens (primary N) is 1. The first-order valence-electron chi connectivity index (χ1n) is 15.8. The summed E-state index contributed by atoms with van der Waals surface area (Å²) in [4.78, 5) is 23.8. The maximum absolute atomic E-state index is 13.6. The lowest BCUT2D eigenvalue weighted by atomic mass is 9.81. The van der Waals surface area contributed by atoms with Crippen molar-refractivity contribution in [3.05, 3.63) is 72.0 Å². The topological polar surface area (TPSA) is 150 Å². The number of carbonyl (C=O) groups excluding carboxylic acids is 2. The third-order valence-electron chi connectivity index (χ3n) is 8.20. The largest absolute Gasteiger partial charge is 0.542 e. The van der Waals surface area contributed by atoms with E-state index in [-0.39, 0.29) is 17.1 Å². The molecule has 1 aromatic heterocycles. The van der Waals surface area contributed by atoms with Crippen molar-refractivity contribution in [1.82, 2.24) is 20.6 Å². The SMILES string of the molecule is CCOc1cc(C[NH2+]CCC2(CC)CC(=O)N(c3ccc(-c4nn[nH]n4)cc3)C2)cc(OCC)c1-c1ccc(F)cc1.O=C([O-])C(F)(F)F. The van der Waals surface area contributed by atoms with Gasteiger partial charge in [-0.1, -0.05) is 19.1 Å². The first-order valence-corrected chi connectivity index (χ1v) is 15.8. The maximum Gasteiger partial charge on any atom is 0.430 e. The lowest BCUT2D eigenvalue weighted by Gasteiger charge is -2.27. The minimum atomic E-state index is -5.19. The van der Waals surface area contributed by atoms with E-state index >= 15 is 0 Å². The number of hydrogen-bond donors (Lipinski definition) is 2. The van der Waals surface area contributed by atoms with E-state index in [2.05, 4.69) is 45.0 Å². The van der Waals surface area contributed by atoms with Crippen molar-refractivity contribution in [3.8, 4) is 34.0 Å². The number of hydrogen-bond acceptors (Lipinski definition) is 8. The molecule has 0 bridgehead atoms. The van der Waals surface area contributed by atoms with E-state index in [0.717, 1.165) is 65.4 Å². The van der Waals surface area contributed by atoms with Gasteiger partial charge in [-0.2, -0.15) is 18.4 Å². The molecule has 5 rings (SSSR count). The summed E-state index contributed by atoms with van der Waals surface area (Å²) in [7, 11) is 0. The molecule has 49 heavy (non-hydrogen) atoms. The zero-order valence-electron chi connectivity index (χ0n) is 27.3. The van der Waals surface area contributed by atoms with Crippen LogP contribution in [0.1, 0.15) is 45.6 Å². The van der Waals surface area contributed by atoms with Gasteiger partial charge in [0.2, 0.25) is 11.7 Å². The Morgan fingerprint density at radius 3 is 2.10 bits per heavy atom. The van der Waals surface area contributed by atoms with Crippen LogP contribution in [0.2, 0.25) is 0 Å². The third-order valence-corrected chi connectivity index (χ3v) is 8.20.